The number of hydrogen-bond acceptors (Lipinski definition) is 0. The number of thiol groups is 1. The van der Waals surface area contributed by atoms with E-state index in [1.807, 2.05) is 0 Å². The molecule has 0 rings (SSSR count). The quantitative estimate of drug-likeness (QED) is 0.313. The van der Waals surface area contributed by atoms with Crippen LogP contribution in [-0.2, 0) is 10.1 Å². The summed E-state index contributed by atoms with van der Waals surface area (Å²) in [4.78, 5) is 20.3. The summed E-state index contributed by atoms with van der Waals surface area (Å²) in [7, 11) is -0.322. The summed E-state index contributed by atoms with van der Waals surface area (Å²) in [5.74, 6) is 3.18. The van der Waals surface area contributed by atoms with Gasteiger partial charge in [-0.25, -0.2) is 0 Å². The molecule has 2 unspecified atom stereocenters. The summed E-state index contributed by atoms with van der Waals surface area (Å²) in [6.07, 6.45) is 9.66. The molecule has 2 nitrogen and oxygen atoms in total. The van der Waals surface area contributed by atoms with Gasteiger partial charge in [0.1, 0.15) is 0 Å². The monoisotopic (exact) mass is 356 g/mol. The van der Waals surface area contributed by atoms with Crippen LogP contribution in [0, 0.1) is 11.8 Å². The zero-order valence-electron chi connectivity index (χ0n) is 14.4. The minimum Gasteiger partial charge on any atom is -0.341 e. The van der Waals surface area contributed by atoms with Crippen LogP contribution in [0.4, 0.5) is 0 Å². The van der Waals surface area contributed by atoms with Crippen molar-refractivity contribution in [2.75, 3.05) is 11.5 Å². The van der Waals surface area contributed by atoms with E-state index < -0.39 is 5.69 Å². The Morgan fingerprint density at radius 1 is 0.857 bits per heavy atom. The van der Waals surface area contributed by atoms with E-state index in [0.29, 0.717) is 11.8 Å². The number of unbranched alkanes of at least 4 members (excludes halogenated alkanes) is 2. The second kappa shape index (κ2) is 12.5. The van der Waals surface area contributed by atoms with E-state index >= 15 is 0 Å². The van der Waals surface area contributed by atoms with Gasteiger partial charge >= 0.3 is 0 Å². The third-order valence-electron chi connectivity index (χ3n) is 4.29. The van der Waals surface area contributed by atoms with Crippen LogP contribution < -0.4 is 0 Å². The normalized spacial score (nSPS) is 16.7. The van der Waals surface area contributed by atoms with Crippen molar-refractivity contribution in [3.8, 4) is 0 Å². The van der Waals surface area contributed by atoms with Crippen LogP contribution in [0.15, 0.2) is 0 Å². The maximum Gasteiger partial charge on any atom is 0.198 e. The van der Waals surface area contributed by atoms with Crippen molar-refractivity contribution in [3.05, 3.63) is 0 Å². The predicted octanol–water partition coefficient (Wildman–Crippen LogP) is 5.63. The molecule has 0 aliphatic carbocycles. The molecule has 2 atom stereocenters. The second-order valence-corrected chi connectivity index (χ2v) is 14.3. The Bertz CT molecular complexity index is 287. The van der Waals surface area contributed by atoms with Gasteiger partial charge in [0.05, 0.1) is 0 Å². The highest BCUT2D eigenvalue weighted by atomic mass is 32.9. The third-order valence-corrected chi connectivity index (χ3v) is 11.7. The van der Waals surface area contributed by atoms with Crippen LogP contribution in [0.2, 0.25) is 0 Å². The van der Waals surface area contributed by atoms with Crippen molar-refractivity contribution < 1.29 is 9.79 Å². The van der Waals surface area contributed by atoms with Crippen molar-refractivity contribution in [1.29, 1.82) is 0 Å². The highest BCUT2D eigenvalue weighted by Gasteiger charge is 2.19. The maximum absolute atomic E-state index is 10.2. The zero-order chi connectivity index (χ0) is 16.3. The average Bonchev–Trinajstić information content (AvgIpc) is 2.44. The summed E-state index contributed by atoms with van der Waals surface area (Å²) in [6, 6.07) is 0. The molecule has 0 heterocycles. The van der Waals surface area contributed by atoms with E-state index in [4.69, 9.17) is 0 Å². The van der Waals surface area contributed by atoms with Crippen LogP contribution >= 0.6 is 17.9 Å². The molecule has 0 radical (unpaired) electrons. The van der Waals surface area contributed by atoms with Gasteiger partial charge in [-0.15, -0.1) is 10.1 Å². The molecule has 0 aliphatic heterocycles. The molecule has 5 heteroatoms. The van der Waals surface area contributed by atoms with Crippen molar-refractivity contribution in [3.63, 3.8) is 0 Å². The standard InChI is InChI=1S/C16H37O2PS2/c1-5-9-11-15(7-3)13-21(19(17,18)20)14-16(8-4)12-10-6-2/h15-18,20H,5-14H2,1-4H3. The lowest BCUT2D eigenvalue weighted by Crippen LogP contribution is -2.18. The molecule has 130 valence electrons. The van der Waals surface area contributed by atoms with Gasteiger partial charge < -0.3 is 9.79 Å². The summed E-state index contributed by atoms with van der Waals surface area (Å²) >= 11 is 4.19. The number of hydrogen-bond donors (Lipinski definition) is 3. The lowest BCUT2D eigenvalue weighted by atomic mass is 10.0. The SMILES string of the molecule is CCCCC(CC)CS(CC(CC)CCCC)=P(O)(O)S. The summed E-state index contributed by atoms with van der Waals surface area (Å²) in [5.41, 5.74) is -3.00. The first-order valence-electron chi connectivity index (χ1n) is 8.64. The van der Waals surface area contributed by atoms with Gasteiger partial charge in [-0.2, -0.15) is 0 Å². The fourth-order valence-electron chi connectivity index (χ4n) is 2.61. The molecule has 0 aromatic carbocycles. The van der Waals surface area contributed by atoms with Crippen LogP contribution in [0.25, 0.3) is 0 Å². The van der Waals surface area contributed by atoms with Gasteiger partial charge in [0.15, 0.2) is 5.69 Å². The third kappa shape index (κ3) is 10.4. The molecular weight excluding hydrogens is 319 g/mol. The number of rotatable bonds is 12. The molecule has 0 amide bonds. The zero-order valence-corrected chi connectivity index (χ0v) is 17.0. The average molecular weight is 357 g/mol. The highest BCUT2D eigenvalue weighted by molar-refractivity contribution is 8.65. The van der Waals surface area contributed by atoms with E-state index in [-0.39, 0.29) is 10.1 Å². The molecule has 21 heavy (non-hydrogen) atoms. The van der Waals surface area contributed by atoms with Crippen molar-refractivity contribution in [2.45, 2.75) is 79.1 Å². The molecular formula is C16H37O2PS2. The molecule has 2 N–H and O–H groups in total. The Balaban J connectivity index is 4.82. The molecule has 0 saturated carbocycles. The Morgan fingerprint density at radius 3 is 1.48 bits per heavy atom. The lowest BCUT2D eigenvalue weighted by Gasteiger charge is -2.25. The van der Waals surface area contributed by atoms with Crippen molar-refractivity contribution >= 4 is 28.0 Å². The Hall–Kier alpha value is 1.05. The first kappa shape index (κ1) is 22.1. The molecule has 0 aromatic heterocycles. The Kier molecular flexibility index (Phi) is 13.1. The van der Waals surface area contributed by atoms with E-state index in [1.165, 1.54) is 38.5 Å². The maximum atomic E-state index is 10.2. The van der Waals surface area contributed by atoms with E-state index in [1.54, 1.807) is 0 Å². The van der Waals surface area contributed by atoms with Gasteiger partial charge in [0.25, 0.3) is 0 Å². The summed E-state index contributed by atoms with van der Waals surface area (Å²) < 4.78 is 0. The topological polar surface area (TPSA) is 40.5 Å². The van der Waals surface area contributed by atoms with Crippen LogP contribution in [0.3, 0.4) is 0 Å². The lowest BCUT2D eigenvalue weighted by molar-refractivity contribution is 0.483. The highest BCUT2D eigenvalue weighted by Crippen LogP contribution is 2.48. The van der Waals surface area contributed by atoms with Gasteiger partial charge in [-0.1, -0.05) is 78.5 Å². The van der Waals surface area contributed by atoms with E-state index in [0.717, 1.165) is 24.3 Å². The first-order chi connectivity index (χ1) is 9.88. The fraction of sp³-hybridized carbons (Fsp3) is 1.00. The van der Waals surface area contributed by atoms with Crippen LogP contribution in [0.5, 0.6) is 0 Å². The van der Waals surface area contributed by atoms with Gasteiger partial charge in [0.2, 0.25) is 0 Å². The van der Waals surface area contributed by atoms with E-state index in [9.17, 15) is 9.79 Å². The minimum absolute atomic E-state index is 0.322. The Labute approximate surface area is 140 Å². The fourth-order valence-corrected chi connectivity index (χ4v) is 8.70. The molecule has 0 fully saturated rings. The Morgan fingerprint density at radius 2 is 1.24 bits per heavy atom. The molecule has 0 aliphatic rings. The van der Waals surface area contributed by atoms with Crippen molar-refractivity contribution in [1.82, 2.24) is 0 Å². The molecule has 0 bridgehead atoms. The van der Waals surface area contributed by atoms with Gasteiger partial charge in [-0.05, 0) is 36.2 Å². The first-order valence-corrected chi connectivity index (χ1v) is 13.7. The predicted molar refractivity (Wildman–Crippen MR) is 104 cm³/mol. The molecule has 0 saturated heterocycles. The largest absolute Gasteiger partial charge is 0.341 e. The minimum atomic E-state index is -3.00. The van der Waals surface area contributed by atoms with Crippen LogP contribution in [-0.4, -0.2) is 21.3 Å². The summed E-state index contributed by atoms with van der Waals surface area (Å²) in [6.45, 7) is 8.89. The van der Waals surface area contributed by atoms with Crippen LogP contribution in [0.1, 0.15) is 79.1 Å². The second-order valence-electron chi connectivity index (χ2n) is 6.14. The van der Waals surface area contributed by atoms with Gasteiger partial charge in [-0.3, -0.25) is 0 Å². The van der Waals surface area contributed by atoms with Gasteiger partial charge in [0, 0.05) is 0 Å². The smallest absolute Gasteiger partial charge is 0.198 e. The summed E-state index contributed by atoms with van der Waals surface area (Å²) in [5, 5.41) is 0. The molecule has 0 aromatic rings. The molecule has 0 spiro atoms. The van der Waals surface area contributed by atoms with E-state index in [2.05, 4.69) is 39.9 Å². The van der Waals surface area contributed by atoms with Crippen molar-refractivity contribution in [2.24, 2.45) is 11.8 Å².